The fourth-order valence-corrected chi connectivity index (χ4v) is 6.97. The van der Waals surface area contributed by atoms with E-state index in [0.717, 1.165) is 6.07 Å². The number of β-amino-alcohol motifs (C(OH)–C–C–N with tert-alkyl or cyclic N) is 1. The van der Waals surface area contributed by atoms with Gasteiger partial charge in [-0.3, -0.25) is 24.4 Å². The van der Waals surface area contributed by atoms with Crippen LogP contribution in [0, 0.1) is 5.92 Å². The molecule has 0 radical (unpaired) electrons. The highest BCUT2D eigenvalue weighted by Gasteiger charge is 2.37. The molecule has 298 valence electrons. The molecule has 0 unspecified atom stereocenters. The van der Waals surface area contributed by atoms with E-state index in [2.05, 4.69) is 10.3 Å². The van der Waals surface area contributed by atoms with Crippen LogP contribution >= 0.6 is 0 Å². The molecule has 11 nitrogen and oxygen atoms in total. The van der Waals surface area contributed by atoms with E-state index in [-0.39, 0.29) is 62.8 Å². The van der Waals surface area contributed by atoms with Crippen molar-refractivity contribution in [1.82, 2.24) is 30.0 Å². The van der Waals surface area contributed by atoms with E-state index in [1.54, 1.807) is 64.7 Å². The SMILES string of the molecule is O=C(NC1=C(O)COc2ccccc21)[C@H](Cc1cccnc1)C[C@H](O)CN1CCN(Cc2ccn(-c3ccccc3C(F)(F)F)c2)C[C@H]1C(=O)NCC(F)(F)F. The molecule has 2 aromatic carbocycles. The molecule has 2 amide bonds. The van der Waals surface area contributed by atoms with Gasteiger partial charge in [0.1, 0.15) is 24.9 Å². The number of carbonyl (C=O) groups excluding carboxylic acids is 2. The summed E-state index contributed by atoms with van der Waals surface area (Å²) in [5, 5.41) is 26.8. The van der Waals surface area contributed by atoms with Gasteiger partial charge < -0.3 is 30.2 Å². The summed E-state index contributed by atoms with van der Waals surface area (Å²) >= 11 is 0. The molecule has 2 aliphatic rings. The van der Waals surface area contributed by atoms with Gasteiger partial charge in [-0.2, -0.15) is 26.3 Å². The first-order valence-corrected chi connectivity index (χ1v) is 17.8. The number of piperazine rings is 1. The van der Waals surface area contributed by atoms with Crippen LogP contribution in [0.1, 0.15) is 28.7 Å². The van der Waals surface area contributed by atoms with Gasteiger partial charge >= 0.3 is 12.4 Å². The Hall–Kier alpha value is -5.39. The normalized spacial score (nSPS) is 17.8. The number of alkyl halides is 6. The Morgan fingerprint density at radius 3 is 2.48 bits per heavy atom. The molecule has 56 heavy (non-hydrogen) atoms. The number of hydrogen-bond donors (Lipinski definition) is 4. The second kappa shape index (κ2) is 17.2. The van der Waals surface area contributed by atoms with E-state index >= 15 is 0 Å². The molecule has 4 N–H and O–H groups in total. The zero-order valence-corrected chi connectivity index (χ0v) is 29.9. The lowest BCUT2D eigenvalue weighted by atomic mass is 9.92. The highest BCUT2D eigenvalue weighted by Crippen LogP contribution is 2.34. The number of fused-ring (bicyclic) bond motifs is 1. The summed E-state index contributed by atoms with van der Waals surface area (Å²) < 4.78 is 87.4. The molecule has 2 aliphatic heterocycles. The minimum absolute atomic E-state index is 0.0464. The van der Waals surface area contributed by atoms with Crippen LogP contribution in [0.4, 0.5) is 26.3 Å². The lowest BCUT2D eigenvalue weighted by Crippen LogP contribution is -2.60. The highest BCUT2D eigenvalue weighted by molar-refractivity contribution is 5.90. The number of hydrogen-bond acceptors (Lipinski definition) is 8. The summed E-state index contributed by atoms with van der Waals surface area (Å²) in [5.74, 6) is -2.02. The van der Waals surface area contributed by atoms with Gasteiger partial charge in [-0.15, -0.1) is 0 Å². The summed E-state index contributed by atoms with van der Waals surface area (Å²) in [6, 6.07) is 15.9. The summed E-state index contributed by atoms with van der Waals surface area (Å²) in [7, 11) is 0. The quantitative estimate of drug-likeness (QED) is 0.138. The molecule has 3 atom stereocenters. The molecule has 1 fully saturated rings. The fraction of sp³-hybridized carbons (Fsp3) is 0.359. The van der Waals surface area contributed by atoms with Crippen molar-refractivity contribution >= 4 is 17.5 Å². The average Bonchev–Trinajstić information content (AvgIpc) is 3.63. The zero-order chi connectivity index (χ0) is 40.0. The lowest BCUT2D eigenvalue weighted by molar-refractivity contribution is -0.143. The molecule has 4 heterocycles. The number of ether oxygens (including phenoxy) is 1. The Kier molecular flexibility index (Phi) is 12.4. The lowest BCUT2D eigenvalue weighted by Gasteiger charge is -2.41. The molecule has 4 aromatic rings. The van der Waals surface area contributed by atoms with Crippen molar-refractivity contribution in [2.45, 2.75) is 43.9 Å². The van der Waals surface area contributed by atoms with Crippen molar-refractivity contribution in [3.05, 3.63) is 120 Å². The van der Waals surface area contributed by atoms with Gasteiger partial charge in [-0.25, -0.2) is 0 Å². The molecule has 2 aromatic heterocycles. The van der Waals surface area contributed by atoms with Crippen LogP contribution < -0.4 is 15.4 Å². The number of aliphatic hydroxyl groups is 2. The summed E-state index contributed by atoms with van der Waals surface area (Å²) in [4.78, 5) is 34.6. The van der Waals surface area contributed by atoms with Gasteiger partial charge in [-0.1, -0.05) is 30.3 Å². The molecular weight excluding hydrogens is 746 g/mol. The highest BCUT2D eigenvalue weighted by atomic mass is 19.4. The van der Waals surface area contributed by atoms with Crippen LogP contribution in [0.5, 0.6) is 5.75 Å². The fourth-order valence-electron chi connectivity index (χ4n) is 6.97. The molecule has 6 rings (SSSR count). The van der Waals surface area contributed by atoms with E-state index in [9.17, 15) is 46.1 Å². The number of benzene rings is 2. The molecule has 1 saturated heterocycles. The number of halogens is 6. The maximum Gasteiger partial charge on any atom is 0.418 e. The Balaban J connectivity index is 1.16. The van der Waals surface area contributed by atoms with Crippen LogP contribution in [0.25, 0.3) is 11.4 Å². The number of para-hydroxylation sites is 2. The number of amides is 2. The van der Waals surface area contributed by atoms with E-state index in [4.69, 9.17) is 4.74 Å². The van der Waals surface area contributed by atoms with Gasteiger partial charge in [0.2, 0.25) is 11.8 Å². The van der Waals surface area contributed by atoms with Crippen molar-refractivity contribution in [3.63, 3.8) is 0 Å². The second-order valence-corrected chi connectivity index (χ2v) is 13.8. The van der Waals surface area contributed by atoms with Crippen molar-refractivity contribution in [2.75, 3.05) is 39.3 Å². The molecule has 0 bridgehead atoms. The average molecular weight is 787 g/mol. The van der Waals surface area contributed by atoms with Gasteiger partial charge in [0.25, 0.3) is 0 Å². The Bertz CT molecular complexity index is 2020. The smallest absolute Gasteiger partial charge is 0.418 e. The number of aliphatic hydroxyl groups excluding tert-OH is 2. The second-order valence-electron chi connectivity index (χ2n) is 13.8. The maximum atomic E-state index is 13.9. The van der Waals surface area contributed by atoms with E-state index < -0.39 is 54.3 Å². The number of nitrogens with one attached hydrogen (secondary N) is 2. The van der Waals surface area contributed by atoms with Crippen LogP contribution in [-0.2, 0) is 28.7 Å². The van der Waals surface area contributed by atoms with Crippen molar-refractivity contribution in [1.29, 1.82) is 0 Å². The summed E-state index contributed by atoms with van der Waals surface area (Å²) in [6.07, 6.45) is -4.28. The van der Waals surface area contributed by atoms with Crippen LogP contribution in [0.3, 0.4) is 0 Å². The summed E-state index contributed by atoms with van der Waals surface area (Å²) in [5.41, 5.74) is 1.05. The monoisotopic (exact) mass is 786 g/mol. The minimum atomic E-state index is -4.67. The first-order chi connectivity index (χ1) is 26.6. The third-order valence-electron chi connectivity index (χ3n) is 9.62. The van der Waals surface area contributed by atoms with Crippen molar-refractivity contribution < 1.29 is 50.9 Å². The molecule has 0 aliphatic carbocycles. The van der Waals surface area contributed by atoms with E-state index in [0.29, 0.717) is 29.0 Å². The topological polar surface area (TPSA) is 132 Å². The number of rotatable bonds is 13. The van der Waals surface area contributed by atoms with Crippen LogP contribution in [0.2, 0.25) is 0 Å². The molecule has 0 saturated carbocycles. The molecule has 17 heteroatoms. The van der Waals surface area contributed by atoms with E-state index in [1.165, 1.54) is 35.2 Å². The standard InChI is InChI=1S/C39H40F6N6O5/c40-38(41,42)24-47-37(55)32-22-49(19-26-11-13-50(20-26)31-9-3-2-8-30(31)39(43,44)45)14-15-51(32)21-28(52)17-27(16-25-6-5-12-46-18-25)36(54)48-35-29-7-1-4-10-34(29)56-23-33(35)53/h1-13,18,20,27-28,32,52-53H,14-17,19,21-24H2,(H,47,55)(H,48,54)/t27-,28+,32+/m1/s1. The number of pyridine rings is 1. The van der Waals surface area contributed by atoms with Gasteiger partial charge in [0.05, 0.1) is 23.1 Å². The summed E-state index contributed by atoms with van der Waals surface area (Å²) in [6.45, 7) is -1.29. The largest absolute Gasteiger partial charge is 0.507 e. The van der Waals surface area contributed by atoms with Crippen LogP contribution in [0.15, 0.2) is 97.3 Å². The Labute approximate surface area is 318 Å². The maximum absolute atomic E-state index is 13.9. The van der Waals surface area contributed by atoms with Crippen molar-refractivity contribution in [3.8, 4) is 11.4 Å². The number of aromatic nitrogens is 2. The van der Waals surface area contributed by atoms with Gasteiger partial charge in [-0.05, 0) is 60.4 Å². The van der Waals surface area contributed by atoms with Gasteiger partial charge in [0, 0.05) is 69.0 Å². The van der Waals surface area contributed by atoms with E-state index in [1.807, 2.05) is 5.32 Å². The van der Waals surface area contributed by atoms with Crippen LogP contribution in [-0.4, -0.2) is 99.0 Å². The molecular formula is C39H40F6N6O5. The number of carbonyl (C=O) groups is 2. The third-order valence-corrected chi connectivity index (χ3v) is 9.62. The first-order valence-electron chi connectivity index (χ1n) is 17.8. The zero-order valence-electron chi connectivity index (χ0n) is 29.9. The molecule has 0 spiro atoms. The van der Waals surface area contributed by atoms with Crippen molar-refractivity contribution in [2.24, 2.45) is 5.92 Å². The Morgan fingerprint density at radius 2 is 1.73 bits per heavy atom. The van der Waals surface area contributed by atoms with Gasteiger partial charge in [0.15, 0.2) is 5.76 Å². The number of nitrogens with zero attached hydrogens (tertiary/aromatic N) is 4. The third kappa shape index (κ3) is 10.3. The predicted molar refractivity (Wildman–Crippen MR) is 192 cm³/mol. The Morgan fingerprint density at radius 1 is 0.964 bits per heavy atom. The predicted octanol–water partition coefficient (Wildman–Crippen LogP) is 5.10. The first kappa shape index (κ1) is 40.3. The minimum Gasteiger partial charge on any atom is -0.507 e.